The summed E-state index contributed by atoms with van der Waals surface area (Å²) in [5.74, 6) is -0.762. The van der Waals surface area contributed by atoms with Crippen molar-refractivity contribution in [2.24, 2.45) is 0 Å². The quantitative estimate of drug-likeness (QED) is 0.895. The summed E-state index contributed by atoms with van der Waals surface area (Å²) in [6.45, 7) is 2.16. The van der Waals surface area contributed by atoms with E-state index in [1.807, 2.05) is 0 Å². The Morgan fingerprint density at radius 1 is 1.36 bits per heavy atom. The zero-order valence-corrected chi connectivity index (χ0v) is 12.6. The van der Waals surface area contributed by atoms with E-state index in [-0.39, 0.29) is 6.10 Å². The normalized spacial score (nSPS) is 20.8. The summed E-state index contributed by atoms with van der Waals surface area (Å²) in [5, 5.41) is 0. The molecule has 1 fully saturated rings. The minimum absolute atomic E-state index is 0.287. The van der Waals surface area contributed by atoms with Crippen LogP contribution in [0.25, 0.3) is 0 Å². The molecule has 2 rings (SSSR count). The Hall–Kier alpha value is -1.32. The van der Waals surface area contributed by atoms with Crippen molar-refractivity contribution in [3.05, 3.63) is 24.3 Å². The number of hydrogen-bond donors (Lipinski definition) is 1. The van der Waals surface area contributed by atoms with Crippen LogP contribution in [-0.2, 0) is 14.8 Å². The highest BCUT2D eigenvalue weighted by atomic mass is 32.2. The van der Waals surface area contributed by atoms with E-state index in [1.165, 1.54) is 12.1 Å². The summed E-state index contributed by atoms with van der Waals surface area (Å²) < 4.78 is 73.2. The van der Waals surface area contributed by atoms with E-state index in [4.69, 9.17) is 4.74 Å². The molecule has 1 aromatic rings. The number of nitrogens with one attached hydrogen (secondary N) is 1. The van der Waals surface area contributed by atoms with E-state index in [1.54, 1.807) is 6.92 Å². The number of para-hydroxylation sites is 1. The fourth-order valence-corrected chi connectivity index (χ4v) is 3.66. The molecule has 1 saturated heterocycles. The molecule has 1 aromatic carbocycles. The van der Waals surface area contributed by atoms with Gasteiger partial charge < -0.3 is 9.47 Å². The summed E-state index contributed by atoms with van der Waals surface area (Å²) in [6.07, 6.45) is -3.73. The molecule has 124 valence electrons. The van der Waals surface area contributed by atoms with Gasteiger partial charge in [-0.3, -0.25) is 0 Å². The summed E-state index contributed by atoms with van der Waals surface area (Å²) in [5.41, 5.74) is 0. The van der Waals surface area contributed by atoms with Gasteiger partial charge in [0.15, 0.2) is 0 Å². The Morgan fingerprint density at radius 3 is 2.64 bits per heavy atom. The molecule has 22 heavy (non-hydrogen) atoms. The van der Waals surface area contributed by atoms with Crippen LogP contribution in [0.5, 0.6) is 5.75 Å². The van der Waals surface area contributed by atoms with Crippen LogP contribution >= 0.6 is 0 Å². The summed E-state index contributed by atoms with van der Waals surface area (Å²) in [7, 11) is -4.15. The first-order valence-electron chi connectivity index (χ1n) is 6.68. The smallest absolute Gasteiger partial charge is 0.404 e. The Bertz CT molecular complexity index is 612. The van der Waals surface area contributed by atoms with Gasteiger partial charge in [0, 0.05) is 12.6 Å². The van der Waals surface area contributed by atoms with Crippen molar-refractivity contribution < 1.29 is 31.1 Å². The summed E-state index contributed by atoms with van der Waals surface area (Å²) in [4.78, 5) is -0.558. The van der Waals surface area contributed by atoms with Crippen molar-refractivity contribution in [2.75, 3.05) is 6.61 Å². The number of rotatable bonds is 5. The predicted octanol–water partition coefficient (Wildman–Crippen LogP) is 2.43. The molecule has 9 heteroatoms. The number of benzene rings is 1. The highest BCUT2D eigenvalue weighted by Crippen LogP contribution is 2.29. The van der Waals surface area contributed by atoms with Gasteiger partial charge in [0.2, 0.25) is 10.0 Å². The third-order valence-corrected chi connectivity index (χ3v) is 4.83. The molecule has 2 atom stereocenters. The molecule has 0 aliphatic carbocycles. The molecule has 1 aliphatic rings. The highest BCUT2D eigenvalue weighted by molar-refractivity contribution is 7.89. The average Bonchev–Trinajstić information content (AvgIpc) is 2.90. The topological polar surface area (TPSA) is 64.6 Å². The molecular formula is C13H16F3NO4S. The minimum Gasteiger partial charge on any atom is -0.404 e. The molecule has 1 aliphatic heterocycles. The lowest BCUT2D eigenvalue weighted by molar-refractivity contribution is -0.275. The molecule has 0 spiro atoms. The van der Waals surface area contributed by atoms with Crippen molar-refractivity contribution in [1.82, 2.24) is 4.72 Å². The number of sulfonamides is 1. The lowest BCUT2D eigenvalue weighted by atomic mass is 10.1. The first-order chi connectivity index (χ1) is 10.2. The van der Waals surface area contributed by atoms with Crippen LogP contribution in [0.4, 0.5) is 13.2 Å². The Kier molecular flexibility index (Phi) is 4.98. The maximum absolute atomic E-state index is 12.4. The zero-order chi connectivity index (χ0) is 16.4. The van der Waals surface area contributed by atoms with Crippen LogP contribution < -0.4 is 9.46 Å². The Labute approximate surface area is 126 Å². The summed E-state index contributed by atoms with van der Waals surface area (Å²) >= 11 is 0. The SMILES string of the molecule is C[C@@H](NS(=O)(=O)c1ccccc1OC(F)(F)F)[C@H]1CCCO1. The molecule has 5 nitrogen and oxygen atoms in total. The molecule has 0 bridgehead atoms. The molecular weight excluding hydrogens is 323 g/mol. The summed E-state index contributed by atoms with van der Waals surface area (Å²) in [6, 6.07) is 4.06. The third-order valence-electron chi connectivity index (χ3n) is 3.23. The van der Waals surface area contributed by atoms with Crippen molar-refractivity contribution in [2.45, 2.75) is 43.2 Å². The van der Waals surface area contributed by atoms with Crippen LogP contribution in [-0.4, -0.2) is 33.5 Å². The number of hydrogen-bond acceptors (Lipinski definition) is 4. The molecule has 0 unspecified atom stereocenters. The first kappa shape index (κ1) is 17.0. The molecule has 1 N–H and O–H groups in total. The highest BCUT2D eigenvalue weighted by Gasteiger charge is 2.35. The van der Waals surface area contributed by atoms with Gasteiger partial charge in [0.25, 0.3) is 0 Å². The second-order valence-corrected chi connectivity index (χ2v) is 6.64. The van der Waals surface area contributed by atoms with E-state index < -0.39 is 33.1 Å². The van der Waals surface area contributed by atoms with Gasteiger partial charge in [-0.1, -0.05) is 12.1 Å². The van der Waals surface area contributed by atoms with Gasteiger partial charge in [-0.25, -0.2) is 13.1 Å². The maximum Gasteiger partial charge on any atom is 0.573 e. The predicted molar refractivity (Wildman–Crippen MR) is 71.9 cm³/mol. The molecule has 0 saturated carbocycles. The van der Waals surface area contributed by atoms with Gasteiger partial charge in [-0.2, -0.15) is 0 Å². The van der Waals surface area contributed by atoms with Crippen molar-refractivity contribution in [1.29, 1.82) is 0 Å². The van der Waals surface area contributed by atoms with E-state index in [0.717, 1.165) is 18.6 Å². The van der Waals surface area contributed by atoms with Gasteiger partial charge in [-0.05, 0) is 31.9 Å². The van der Waals surface area contributed by atoms with E-state index in [2.05, 4.69) is 9.46 Å². The molecule has 0 radical (unpaired) electrons. The fourth-order valence-electron chi connectivity index (χ4n) is 2.26. The first-order valence-corrected chi connectivity index (χ1v) is 8.16. The zero-order valence-electron chi connectivity index (χ0n) is 11.8. The van der Waals surface area contributed by atoms with Gasteiger partial charge in [-0.15, -0.1) is 13.2 Å². The monoisotopic (exact) mass is 339 g/mol. The standard InChI is InChI=1S/C13H16F3NO4S/c1-9(10-6-4-8-20-10)17-22(18,19)12-7-3-2-5-11(12)21-13(14,15)16/h2-3,5,7,9-10,17H,4,6,8H2,1H3/t9-,10-/m1/s1. The lowest BCUT2D eigenvalue weighted by Gasteiger charge is -2.21. The number of halogens is 3. The van der Waals surface area contributed by atoms with Crippen LogP contribution in [0.2, 0.25) is 0 Å². The van der Waals surface area contributed by atoms with Crippen molar-refractivity contribution in [3.63, 3.8) is 0 Å². The van der Waals surface area contributed by atoms with Gasteiger partial charge >= 0.3 is 6.36 Å². The van der Waals surface area contributed by atoms with Crippen LogP contribution in [0.3, 0.4) is 0 Å². The molecule has 1 heterocycles. The molecule has 0 amide bonds. The maximum atomic E-state index is 12.4. The van der Waals surface area contributed by atoms with E-state index in [9.17, 15) is 21.6 Å². The molecule has 0 aromatic heterocycles. The van der Waals surface area contributed by atoms with Crippen molar-refractivity contribution >= 4 is 10.0 Å². The van der Waals surface area contributed by atoms with E-state index >= 15 is 0 Å². The number of ether oxygens (including phenoxy) is 2. The number of alkyl halides is 3. The van der Waals surface area contributed by atoms with Crippen LogP contribution in [0.1, 0.15) is 19.8 Å². The minimum atomic E-state index is -4.97. The van der Waals surface area contributed by atoms with Crippen LogP contribution in [0, 0.1) is 0 Å². The second-order valence-electron chi connectivity index (χ2n) is 4.96. The third kappa shape index (κ3) is 4.34. The lowest BCUT2D eigenvalue weighted by Crippen LogP contribution is -2.41. The second kappa shape index (κ2) is 6.43. The Morgan fingerprint density at radius 2 is 2.05 bits per heavy atom. The average molecular weight is 339 g/mol. The Balaban J connectivity index is 2.21. The van der Waals surface area contributed by atoms with Crippen LogP contribution in [0.15, 0.2) is 29.2 Å². The fraction of sp³-hybridized carbons (Fsp3) is 0.538. The van der Waals surface area contributed by atoms with Crippen molar-refractivity contribution in [3.8, 4) is 5.75 Å². The van der Waals surface area contributed by atoms with Gasteiger partial charge in [0.1, 0.15) is 10.6 Å². The largest absolute Gasteiger partial charge is 0.573 e. The van der Waals surface area contributed by atoms with Gasteiger partial charge in [0.05, 0.1) is 6.10 Å². The van der Waals surface area contributed by atoms with E-state index in [0.29, 0.717) is 13.0 Å².